The molecule has 2 heteroatoms. The highest BCUT2D eigenvalue weighted by Crippen LogP contribution is 2.22. The zero-order valence-corrected chi connectivity index (χ0v) is 11.2. The van der Waals surface area contributed by atoms with E-state index in [0.717, 1.165) is 19.6 Å². The summed E-state index contributed by atoms with van der Waals surface area (Å²) in [4.78, 5) is 0. The standard InChI is InChI=1S/C15H24N2/c1-15(2,3)13-6-4-12(5-7-13)10-17-14-8-9-16-11-14/h4-7,14,16-17H,8-11H2,1-3H3. The lowest BCUT2D eigenvalue weighted by atomic mass is 9.87. The van der Waals surface area contributed by atoms with Crippen LogP contribution in [-0.2, 0) is 12.0 Å². The molecule has 0 amide bonds. The first-order valence-electron chi connectivity index (χ1n) is 6.59. The Morgan fingerprint density at radius 2 is 1.94 bits per heavy atom. The van der Waals surface area contributed by atoms with E-state index in [0.29, 0.717) is 6.04 Å². The molecule has 0 radical (unpaired) electrons. The molecule has 94 valence electrons. The summed E-state index contributed by atoms with van der Waals surface area (Å²) in [6.45, 7) is 10.0. The molecule has 1 unspecified atom stereocenters. The van der Waals surface area contributed by atoms with E-state index in [9.17, 15) is 0 Å². The molecule has 0 spiro atoms. The normalized spacial score (nSPS) is 20.8. The third kappa shape index (κ3) is 3.55. The van der Waals surface area contributed by atoms with Crippen molar-refractivity contribution in [1.82, 2.24) is 10.6 Å². The summed E-state index contributed by atoms with van der Waals surface area (Å²) in [5.41, 5.74) is 3.04. The SMILES string of the molecule is CC(C)(C)c1ccc(CNC2CCNC2)cc1. The molecular formula is C15H24N2. The minimum absolute atomic E-state index is 0.251. The van der Waals surface area contributed by atoms with Crippen LogP contribution in [0.2, 0.25) is 0 Å². The lowest BCUT2D eigenvalue weighted by Gasteiger charge is -2.19. The fraction of sp³-hybridized carbons (Fsp3) is 0.600. The van der Waals surface area contributed by atoms with Gasteiger partial charge in [-0.2, -0.15) is 0 Å². The highest BCUT2D eigenvalue weighted by molar-refractivity contribution is 5.27. The Hall–Kier alpha value is -0.860. The maximum Gasteiger partial charge on any atom is 0.0208 e. The Morgan fingerprint density at radius 3 is 2.47 bits per heavy atom. The van der Waals surface area contributed by atoms with Crippen molar-refractivity contribution in [2.24, 2.45) is 0 Å². The van der Waals surface area contributed by atoms with Crippen molar-refractivity contribution in [3.8, 4) is 0 Å². The second-order valence-corrected chi connectivity index (χ2v) is 6.02. The van der Waals surface area contributed by atoms with E-state index in [-0.39, 0.29) is 5.41 Å². The Bertz CT molecular complexity index is 342. The summed E-state index contributed by atoms with van der Waals surface area (Å²) in [7, 11) is 0. The van der Waals surface area contributed by atoms with Gasteiger partial charge >= 0.3 is 0 Å². The fourth-order valence-corrected chi connectivity index (χ4v) is 2.21. The van der Waals surface area contributed by atoms with Crippen molar-refractivity contribution in [2.45, 2.75) is 45.2 Å². The van der Waals surface area contributed by atoms with Crippen molar-refractivity contribution in [2.75, 3.05) is 13.1 Å². The molecule has 1 fully saturated rings. The van der Waals surface area contributed by atoms with Crippen LogP contribution in [0, 0.1) is 0 Å². The summed E-state index contributed by atoms with van der Waals surface area (Å²) in [5.74, 6) is 0. The van der Waals surface area contributed by atoms with Crippen LogP contribution >= 0.6 is 0 Å². The minimum Gasteiger partial charge on any atom is -0.315 e. The smallest absolute Gasteiger partial charge is 0.0208 e. The second kappa shape index (κ2) is 5.19. The highest BCUT2D eigenvalue weighted by Gasteiger charge is 2.14. The highest BCUT2D eigenvalue weighted by atomic mass is 15.0. The van der Waals surface area contributed by atoms with Gasteiger partial charge in [0.15, 0.2) is 0 Å². The molecule has 1 aromatic rings. The minimum atomic E-state index is 0.251. The summed E-state index contributed by atoms with van der Waals surface area (Å²) >= 11 is 0. The average molecular weight is 232 g/mol. The molecule has 1 aliphatic rings. The zero-order valence-electron chi connectivity index (χ0n) is 11.2. The predicted octanol–water partition coefficient (Wildman–Crippen LogP) is 2.44. The largest absolute Gasteiger partial charge is 0.315 e. The van der Waals surface area contributed by atoms with Crippen LogP contribution in [0.3, 0.4) is 0 Å². The van der Waals surface area contributed by atoms with Gasteiger partial charge in [0, 0.05) is 19.1 Å². The first kappa shape index (κ1) is 12.6. The fourth-order valence-electron chi connectivity index (χ4n) is 2.21. The average Bonchev–Trinajstić information content (AvgIpc) is 2.78. The van der Waals surface area contributed by atoms with E-state index < -0.39 is 0 Å². The van der Waals surface area contributed by atoms with Crippen molar-refractivity contribution in [3.63, 3.8) is 0 Å². The molecule has 1 aromatic carbocycles. The van der Waals surface area contributed by atoms with Crippen molar-refractivity contribution in [3.05, 3.63) is 35.4 Å². The number of hydrogen-bond acceptors (Lipinski definition) is 2. The number of nitrogens with one attached hydrogen (secondary N) is 2. The van der Waals surface area contributed by atoms with Crippen LogP contribution in [0.5, 0.6) is 0 Å². The van der Waals surface area contributed by atoms with Crippen LogP contribution in [-0.4, -0.2) is 19.1 Å². The molecule has 2 N–H and O–H groups in total. The van der Waals surface area contributed by atoms with Gasteiger partial charge in [-0.1, -0.05) is 45.0 Å². The third-order valence-corrected chi connectivity index (χ3v) is 3.48. The molecule has 17 heavy (non-hydrogen) atoms. The third-order valence-electron chi connectivity index (χ3n) is 3.48. The molecular weight excluding hydrogens is 208 g/mol. The van der Waals surface area contributed by atoms with Gasteiger partial charge < -0.3 is 10.6 Å². The van der Waals surface area contributed by atoms with Gasteiger partial charge in [-0.15, -0.1) is 0 Å². The summed E-state index contributed by atoms with van der Waals surface area (Å²) in [6.07, 6.45) is 1.25. The molecule has 0 aliphatic carbocycles. The topological polar surface area (TPSA) is 24.1 Å². The number of hydrogen-bond donors (Lipinski definition) is 2. The first-order chi connectivity index (χ1) is 8.05. The Balaban J connectivity index is 1.89. The lowest BCUT2D eigenvalue weighted by Crippen LogP contribution is -2.30. The van der Waals surface area contributed by atoms with Crippen LogP contribution in [0.4, 0.5) is 0 Å². The predicted molar refractivity (Wildman–Crippen MR) is 73.3 cm³/mol. The molecule has 0 bridgehead atoms. The van der Waals surface area contributed by atoms with Gasteiger partial charge in [-0.25, -0.2) is 0 Å². The summed E-state index contributed by atoms with van der Waals surface area (Å²) < 4.78 is 0. The summed E-state index contributed by atoms with van der Waals surface area (Å²) in [5, 5.41) is 6.97. The van der Waals surface area contributed by atoms with Crippen molar-refractivity contribution < 1.29 is 0 Å². The van der Waals surface area contributed by atoms with Crippen LogP contribution in [0.1, 0.15) is 38.3 Å². The van der Waals surface area contributed by atoms with E-state index in [1.54, 1.807) is 0 Å². The van der Waals surface area contributed by atoms with Crippen LogP contribution in [0.15, 0.2) is 24.3 Å². The number of benzene rings is 1. The maximum atomic E-state index is 3.59. The van der Waals surface area contributed by atoms with Gasteiger partial charge in [-0.3, -0.25) is 0 Å². The zero-order chi connectivity index (χ0) is 12.3. The van der Waals surface area contributed by atoms with E-state index in [1.807, 2.05) is 0 Å². The number of rotatable bonds is 3. The van der Waals surface area contributed by atoms with Gasteiger partial charge in [0.2, 0.25) is 0 Å². The molecule has 0 aromatic heterocycles. The van der Waals surface area contributed by atoms with E-state index in [2.05, 4.69) is 55.7 Å². The lowest BCUT2D eigenvalue weighted by molar-refractivity contribution is 0.546. The summed E-state index contributed by atoms with van der Waals surface area (Å²) in [6, 6.07) is 9.65. The molecule has 1 saturated heterocycles. The van der Waals surface area contributed by atoms with Crippen molar-refractivity contribution >= 4 is 0 Å². The van der Waals surface area contributed by atoms with Crippen LogP contribution < -0.4 is 10.6 Å². The van der Waals surface area contributed by atoms with E-state index >= 15 is 0 Å². The second-order valence-electron chi connectivity index (χ2n) is 6.02. The van der Waals surface area contributed by atoms with E-state index in [1.165, 1.54) is 17.5 Å². The Morgan fingerprint density at radius 1 is 1.24 bits per heavy atom. The Labute approximate surface area is 105 Å². The molecule has 2 rings (SSSR count). The van der Waals surface area contributed by atoms with Crippen molar-refractivity contribution in [1.29, 1.82) is 0 Å². The molecule has 1 aliphatic heterocycles. The van der Waals surface area contributed by atoms with Crippen LogP contribution in [0.25, 0.3) is 0 Å². The van der Waals surface area contributed by atoms with Gasteiger partial charge in [-0.05, 0) is 29.5 Å². The van der Waals surface area contributed by atoms with E-state index in [4.69, 9.17) is 0 Å². The molecule has 0 saturated carbocycles. The first-order valence-corrected chi connectivity index (χ1v) is 6.59. The van der Waals surface area contributed by atoms with Gasteiger partial charge in [0.1, 0.15) is 0 Å². The quantitative estimate of drug-likeness (QED) is 0.836. The van der Waals surface area contributed by atoms with Gasteiger partial charge in [0.05, 0.1) is 0 Å². The maximum absolute atomic E-state index is 3.59. The van der Waals surface area contributed by atoms with Gasteiger partial charge in [0.25, 0.3) is 0 Å². The molecule has 2 nitrogen and oxygen atoms in total. The molecule has 1 atom stereocenters. The Kier molecular flexibility index (Phi) is 3.85. The monoisotopic (exact) mass is 232 g/mol. The molecule has 1 heterocycles.